The molecule has 0 aromatic heterocycles. The SMILES string of the molecule is CCCNC(CCN(C)C1CCCN(C)C1)C(=O)O. The van der Waals surface area contributed by atoms with Crippen molar-refractivity contribution in [1.82, 2.24) is 15.1 Å². The van der Waals surface area contributed by atoms with E-state index >= 15 is 0 Å². The summed E-state index contributed by atoms with van der Waals surface area (Å²) in [6.45, 7) is 5.94. The van der Waals surface area contributed by atoms with E-state index in [0.29, 0.717) is 12.5 Å². The molecule has 2 N–H and O–H groups in total. The van der Waals surface area contributed by atoms with Crippen LogP contribution in [-0.4, -0.2) is 73.2 Å². The first kappa shape index (κ1) is 16.4. The van der Waals surface area contributed by atoms with Gasteiger partial charge in [0.1, 0.15) is 6.04 Å². The Morgan fingerprint density at radius 1 is 1.58 bits per heavy atom. The molecule has 0 aliphatic carbocycles. The summed E-state index contributed by atoms with van der Waals surface area (Å²) < 4.78 is 0. The second kappa shape index (κ2) is 8.51. The van der Waals surface area contributed by atoms with Gasteiger partial charge in [-0.1, -0.05) is 6.92 Å². The molecule has 1 heterocycles. The zero-order valence-electron chi connectivity index (χ0n) is 12.6. The van der Waals surface area contributed by atoms with Gasteiger partial charge in [-0.25, -0.2) is 0 Å². The van der Waals surface area contributed by atoms with Gasteiger partial charge in [0, 0.05) is 19.1 Å². The molecule has 5 heteroatoms. The Morgan fingerprint density at radius 2 is 2.32 bits per heavy atom. The fourth-order valence-corrected chi connectivity index (χ4v) is 2.65. The normalized spacial score (nSPS) is 22.6. The molecule has 2 unspecified atom stereocenters. The summed E-state index contributed by atoms with van der Waals surface area (Å²) in [5.41, 5.74) is 0. The van der Waals surface area contributed by atoms with Gasteiger partial charge in [0.15, 0.2) is 0 Å². The van der Waals surface area contributed by atoms with Crippen molar-refractivity contribution in [1.29, 1.82) is 0 Å². The number of rotatable bonds is 8. The Bertz CT molecular complexity index is 273. The number of hydrogen-bond acceptors (Lipinski definition) is 4. The van der Waals surface area contributed by atoms with E-state index in [1.807, 2.05) is 0 Å². The molecule has 1 fully saturated rings. The van der Waals surface area contributed by atoms with Crippen LogP contribution in [0.1, 0.15) is 32.6 Å². The van der Waals surface area contributed by atoms with E-state index in [1.165, 1.54) is 19.4 Å². The number of aliphatic carboxylic acids is 1. The number of hydrogen-bond donors (Lipinski definition) is 2. The van der Waals surface area contributed by atoms with Crippen molar-refractivity contribution in [3.8, 4) is 0 Å². The zero-order valence-corrected chi connectivity index (χ0v) is 12.6. The molecular formula is C14H29N3O2. The smallest absolute Gasteiger partial charge is 0.320 e. The Morgan fingerprint density at radius 3 is 2.89 bits per heavy atom. The number of carboxylic acids is 1. The number of carboxylic acid groups (broad SMARTS) is 1. The van der Waals surface area contributed by atoms with E-state index in [2.05, 4.69) is 36.1 Å². The molecule has 19 heavy (non-hydrogen) atoms. The van der Waals surface area contributed by atoms with Crippen LogP contribution >= 0.6 is 0 Å². The van der Waals surface area contributed by atoms with Crippen LogP contribution in [0.15, 0.2) is 0 Å². The summed E-state index contributed by atoms with van der Waals surface area (Å²) in [5.74, 6) is -0.734. The van der Waals surface area contributed by atoms with E-state index in [4.69, 9.17) is 0 Å². The van der Waals surface area contributed by atoms with Crippen molar-refractivity contribution >= 4 is 5.97 Å². The van der Waals surface area contributed by atoms with Crippen LogP contribution < -0.4 is 5.32 Å². The number of carbonyl (C=O) groups is 1. The zero-order chi connectivity index (χ0) is 14.3. The number of piperidine rings is 1. The molecular weight excluding hydrogens is 242 g/mol. The molecule has 1 rings (SSSR count). The van der Waals surface area contributed by atoms with Crippen molar-refractivity contribution in [2.75, 3.05) is 40.3 Å². The van der Waals surface area contributed by atoms with Crippen LogP contribution in [0.2, 0.25) is 0 Å². The summed E-state index contributed by atoms with van der Waals surface area (Å²) in [6, 6.07) is 0.156. The lowest BCUT2D eigenvalue weighted by Crippen LogP contribution is -2.47. The average molecular weight is 271 g/mol. The summed E-state index contributed by atoms with van der Waals surface area (Å²) >= 11 is 0. The van der Waals surface area contributed by atoms with E-state index in [0.717, 1.165) is 26.1 Å². The minimum atomic E-state index is -0.734. The molecule has 0 spiro atoms. The number of likely N-dealkylation sites (tertiary alicyclic amines) is 1. The fourth-order valence-electron chi connectivity index (χ4n) is 2.65. The van der Waals surface area contributed by atoms with Gasteiger partial charge < -0.3 is 20.2 Å². The molecule has 112 valence electrons. The van der Waals surface area contributed by atoms with Crippen LogP contribution in [0, 0.1) is 0 Å². The summed E-state index contributed by atoms with van der Waals surface area (Å²) in [5, 5.41) is 12.3. The van der Waals surface area contributed by atoms with Crippen LogP contribution in [-0.2, 0) is 4.79 Å². The highest BCUT2D eigenvalue weighted by Gasteiger charge is 2.23. The third-order valence-corrected chi connectivity index (χ3v) is 3.93. The van der Waals surface area contributed by atoms with Crippen molar-refractivity contribution in [3.05, 3.63) is 0 Å². The third kappa shape index (κ3) is 5.89. The third-order valence-electron chi connectivity index (χ3n) is 3.93. The fraction of sp³-hybridized carbons (Fsp3) is 0.929. The lowest BCUT2D eigenvalue weighted by atomic mass is 10.0. The number of nitrogens with zero attached hydrogens (tertiary/aromatic N) is 2. The molecule has 1 aliphatic heterocycles. The largest absolute Gasteiger partial charge is 0.480 e. The number of nitrogens with one attached hydrogen (secondary N) is 1. The van der Waals surface area contributed by atoms with E-state index in [-0.39, 0.29) is 0 Å². The summed E-state index contributed by atoms with van der Waals surface area (Å²) in [7, 11) is 4.27. The molecule has 0 amide bonds. The first-order valence-corrected chi connectivity index (χ1v) is 7.39. The molecule has 0 aromatic rings. The summed E-state index contributed by atoms with van der Waals surface area (Å²) in [6.07, 6.45) is 4.10. The second-order valence-corrected chi connectivity index (χ2v) is 5.67. The van der Waals surface area contributed by atoms with Crippen molar-refractivity contribution in [2.45, 2.75) is 44.7 Å². The number of likely N-dealkylation sites (N-methyl/N-ethyl adjacent to an activating group) is 2. The molecule has 5 nitrogen and oxygen atoms in total. The first-order chi connectivity index (χ1) is 9.04. The molecule has 0 aromatic carbocycles. The molecule has 2 atom stereocenters. The lowest BCUT2D eigenvalue weighted by Gasteiger charge is -2.36. The van der Waals surface area contributed by atoms with E-state index in [9.17, 15) is 9.90 Å². The topological polar surface area (TPSA) is 55.8 Å². The van der Waals surface area contributed by atoms with Gasteiger partial charge >= 0.3 is 5.97 Å². The molecule has 0 radical (unpaired) electrons. The maximum atomic E-state index is 11.2. The van der Waals surface area contributed by atoms with Crippen LogP contribution in [0.3, 0.4) is 0 Å². The highest BCUT2D eigenvalue weighted by Crippen LogP contribution is 2.13. The quantitative estimate of drug-likeness (QED) is 0.685. The predicted octanol–water partition coefficient (Wildman–Crippen LogP) is 0.855. The van der Waals surface area contributed by atoms with Gasteiger partial charge in [-0.3, -0.25) is 4.79 Å². The maximum absolute atomic E-state index is 11.2. The van der Waals surface area contributed by atoms with Crippen molar-refractivity contribution in [2.24, 2.45) is 0 Å². The Balaban J connectivity index is 2.33. The highest BCUT2D eigenvalue weighted by molar-refractivity contribution is 5.73. The molecule has 1 aliphatic rings. The van der Waals surface area contributed by atoms with Crippen molar-refractivity contribution in [3.63, 3.8) is 0 Å². The summed E-state index contributed by atoms with van der Waals surface area (Å²) in [4.78, 5) is 15.8. The standard InChI is InChI=1S/C14H29N3O2/c1-4-8-15-13(14(18)19)7-10-17(3)12-6-5-9-16(2)11-12/h12-13,15H,4-11H2,1-3H3,(H,18,19). The average Bonchev–Trinajstić information content (AvgIpc) is 2.38. The van der Waals surface area contributed by atoms with Crippen LogP contribution in [0.25, 0.3) is 0 Å². The Hall–Kier alpha value is -0.650. The minimum absolute atomic E-state index is 0.413. The van der Waals surface area contributed by atoms with Crippen LogP contribution in [0.5, 0.6) is 0 Å². The first-order valence-electron chi connectivity index (χ1n) is 7.39. The second-order valence-electron chi connectivity index (χ2n) is 5.67. The Kier molecular flexibility index (Phi) is 7.34. The van der Waals surface area contributed by atoms with Crippen molar-refractivity contribution < 1.29 is 9.90 Å². The molecule has 0 saturated carbocycles. The van der Waals surface area contributed by atoms with Gasteiger partial charge in [0.25, 0.3) is 0 Å². The van der Waals surface area contributed by atoms with E-state index < -0.39 is 12.0 Å². The monoisotopic (exact) mass is 271 g/mol. The van der Waals surface area contributed by atoms with Gasteiger partial charge in [-0.2, -0.15) is 0 Å². The minimum Gasteiger partial charge on any atom is -0.480 e. The van der Waals surface area contributed by atoms with E-state index in [1.54, 1.807) is 0 Å². The molecule has 1 saturated heterocycles. The lowest BCUT2D eigenvalue weighted by molar-refractivity contribution is -0.139. The van der Waals surface area contributed by atoms with Gasteiger partial charge in [0.05, 0.1) is 0 Å². The Labute approximate surface area is 117 Å². The molecule has 0 bridgehead atoms. The van der Waals surface area contributed by atoms with Gasteiger partial charge in [0.2, 0.25) is 0 Å². The predicted molar refractivity (Wildman–Crippen MR) is 77.5 cm³/mol. The van der Waals surface area contributed by atoms with Crippen LogP contribution in [0.4, 0.5) is 0 Å². The maximum Gasteiger partial charge on any atom is 0.320 e. The highest BCUT2D eigenvalue weighted by atomic mass is 16.4. The van der Waals surface area contributed by atoms with Gasteiger partial charge in [-0.05, 0) is 52.9 Å². The van der Waals surface area contributed by atoms with Gasteiger partial charge in [-0.15, -0.1) is 0 Å².